The Balaban J connectivity index is 1.78. The van der Waals surface area contributed by atoms with Gasteiger partial charge in [-0.1, -0.05) is 40.6 Å². The molecule has 0 saturated heterocycles. The number of benzene rings is 1. The van der Waals surface area contributed by atoms with Crippen LogP contribution in [0.25, 0.3) is 11.3 Å². The zero-order chi connectivity index (χ0) is 31.7. The molecule has 10 nitrogen and oxygen atoms in total. The lowest BCUT2D eigenvalue weighted by Crippen LogP contribution is -2.37. The van der Waals surface area contributed by atoms with Crippen molar-refractivity contribution < 1.29 is 24.4 Å². The van der Waals surface area contributed by atoms with E-state index in [2.05, 4.69) is 15.0 Å². The van der Waals surface area contributed by atoms with Crippen LogP contribution in [0.5, 0.6) is 5.88 Å². The quantitative estimate of drug-likeness (QED) is 0.243. The monoisotopic (exact) mass is 646 g/mol. The molecular weight excluding hydrogens is 615 g/mol. The maximum atomic E-state index is 13.6. The van der Waals surface area contributed by atoms with Crippen LogP contribution in [-0.2, 0) is 9.59 Å². The average molecular weight is 648 g/mol. The number of carbonyl (C=O) groups is 2. The zero-order valence-corrected chi connectivity index (χ0v) is 27.0. The molecule has 2 aliphatic carbocycles. The highest BCUT2D eigenvalue weighted by Gasteiger charge is 2.37. The number of nitrogens with zero attached hydrogens (tertiary/aromatic N) is 5. The summed E-state index contributed by atoms with van der Waals surface area (Å²) in [7, 11) is 5.63. The van der Waals surface area contributed by atoms with Gasteiger partial charge in [0.25, 0.3) is 0 Å². The van der Waals surface area contributed by atoms with E-state index in [1.54, 1.807) is 19.1 Å². The van der Waals surface area contributed by atoms with Gasteiger partial charge in [-0.3, -0.25) is 9.59 Å². The minimum Gasteiger partial charge on any atom is -0.871 e. The van der Waals surface area contributed by atoms with Gasteiger partial charge in [-0.15, -0.1) is 0 Å². The first-order valence-corrected chi connectivity index (χ1v) is 14.8. The number of rotatable bonds is 9. The van der Waals surface area contributed by atoms with Gasteiger partial charge in [-0.2, -0.15) is 9.78 Å². The summed E-state index contributed by atoms with van der Waals surface area (Å²) in [6, 6.07) is 2.88. The summed E-state index contributed by atoms with van der Waals surface area (Å²) < 4.78 is 3.17. The van der Waals surface area contributed by atoms with Crippen molar-refractivity contribution in [2.75, 3.05) is 40.8 Å². The van der Waals surface area contributed by atoms with Gasteiger partial charge in [-0.05, 0) is 39.0 Å². The average Bonchev–Trinajstić information content (AvgIpc) is 3.21. The number of hydrogen-bond acceptors (Lipinski definition) is 7. The number of hydrogen-bond donors (Lipinski definition) is 2. The Morgan fingerprint density at radius 1 is 1.09 bits per heavy atom. The smallest absolute Gasteiger partial charge is 0.225 e. The third-order valence-electron chi connectivity index (χ3n) is 7.41. The Labute approximate surface area is 265 Å². The molecule has 0 radical (unpaired) electrons. The second-order valence-corrected chi connectivity index (χ2v) is 11.5. The van der Waals surface area contributed by atoms with Crippen molar-refractivity contribution in [1.82, 2.24) is 25.1 Å². The third kappa shape index (κ3) is 6.30. The molecule has 4 rings (SSSR count). The molecule has 0 fully saturated rings. The number of halogens is 3. The number of nitrogens with one attached hydrogen (secondary N) is 1. The lowest BCUT2D eigenvalue weighted by atomic mass is 9.79. The van der Waals surface area contributed by atoms with Crippen LogP contribution >= 0.6 is 34.8 Å². The van der Waals surface area contributed by atoms with Gasteiger partial charge in [0, 0.05) is 68.0 Å². The maximum absolute atomic E-state index is 13.6. The number of Topliss-reactive ketones (excluding diaryl/α,β-unsaturated/α-hetero) is 1. The number of carbonyl (C=O) groups excluding carboxylic acids is 2. The van der Waals surface area contributed by atoms with Crippen LogP contribution in [0.1, 0.15) is 31.5 Å². The van der Waals surface area contributed by atoms with Crippen molar-refractivity contribution >= 4 is 57.8 Å². The number of ketones is 1. The Hall–Kier alpha value is -3.41. The summed E-state index contributed by atoms with van der Waals surface area (Å²) in [5.74, 6) is -1.87. The van der Waals surface area contributed by atoms with Crippen LogP contribution < -0.4 is 10.4 Å². The Bertz CT molecular complexity index is 1640. The molecule has 228 valence electrons. The van der Waals surface area contributed by atoms with E-state index in [1.165, 1.54) is 12.1 Å². The standard InChI is InChI=1S/C30H33Cl3N6O4/c1-7-38(8-2)18-9-10-19(22(15-18)34-23(40)11-12-37(6)36(4)5)25-28(41)26(29(25)42)24-16(3)35-39(30(24)43)27-20(32)13-17(31)14-21(27)33/h9-10,13-15H,7-8,11-12H2,1-6H3,(H2,34,35,40,41,42,43). The molecule has 13 heteroatoms. The number of aromatic nitrogens is 2. The Morgan fingerprint density at radius 3 is 2.28 bits per heavy atom. The van der Waals surface area contributed by atoms with E-state index in [4.69, 9.17) is 34.8 Å². The summed E-state index contributed by atoms with van der Waals surface area (Å²) in [4.78, 5) is 26.6. The summed E-state index contributed by atoms with van der Waals surface area (Å²) in [6.07, 6.45) is 5.45. The second-order valence-electron chi connectivity index (χ2n) is 10.3. The minimum atomic E-state index is -0.574. The maximum Gasteiger partial charge on any atom is 0.225 e. The van der Waals surface area contributed by atoms with Gasteiger partial charge in [0.05, 0.1) is 27.0 Å². The number of allylic oxidation sites excluding steroid dienone is 5. The highest BCUT2D eigenvalue weighted by molar-refractivity contribution is 6.41. The van der Waals surface area contributed by atoms with Crippen LogP contribution in [0, 0.1) is 6.92 Å². The molecule has 2 aromatic rings. The van der Waals surface area contributed by atoms with E-state index < -0.39 is 17.4 Å². The fourth-order valence-corrected chi connectivity index (χ4v) is 5.86. The number of amides is 1. The fourth-order valence-electron chi connectivity index (χ4n) is 4.88. The third-order valence-corrected chi connectivity index (χ3v) is 8.20. The molecule has 2 N–H and O–H groups in total. The van der Waals surface area contributed by atoms with Crippen molar-refractivity contribution in [2.45, 2.75) is 27.2 Å². The number of aryl methyl sites for hydroxylation is 1. The first-order chi connectivity index (χ1) is 20.3. The summed E-state index contributed by atoms with van der Waals surface area (Å²) in [6.45, 7) is 7.52. The number of aromatic hydroxyl groups is 1. The van der Waals surface area contributed by atoms with Crippen LogP contribution in [-0.4, -0.2) is 87.7 Å². The minimum absolute atomic E-state index is 0.0158. The van der Waals surface area contributed by atoms with Crippen molar-refractivity contribution in [3.8, 4) is 11.6 Å². The molecule has 1 heterocycles. The largest absolute Gasteiger partial charge is 0.871 e. The van der Waals surface area contributed by atoms with Crippen molar-refractivity contribution in [2.24, 2.45) is 0 Å². The molecule has 1 aromatic heterocycles. The highest BCUT2D eigenvalue weighted by Crippen LogP contribution is 2.44. The van der Waals surface area contributed by atoms with Crippen LogP contribution in [0.15, 0.2) is 53.0 Å². The normalized spacial score (nSPS) is 16.8. The van der Waals surface area contributed by atoms with Gasteiger partial charge >= 0.3 is 0 Å². The van der Waals surface area contributed by atoms with E-state index in [1.807, 2.05) is 51.1 Å². The second kappa shape index (κ2) is 13.1. The first-order valence-electron chi connectivity index (χ1n) is 13.6. The van der Waals surface area contributed by atoms with Crippen LogP contribution in [0.3, 0.4) is 0 Å². The predicted molar refractivity (Wildman–Crippen MR) is 167 cm³/mol. The Kier molecular flexibility index (Phi) is 9.88. The SMILES string of the molecule is CC[N+](CC)=C1C=C/C(=C2\C(=O)C(c3c(C)nn(-c4c(Cl)cc(Cl)cc4Cl)c3O)=C2[O-])C(NC(=O)CCN(C)N(C)C)=C1. The van der Waals surface area contributed by atoms with Gasteiger partial charge in [0.15, 0.2) is 5.78 Å². The predicted octanol–water partition coefficient (Wildman–Crippen LogP) is 3.66. The fraction of sp³-hybridized carbons (Fsp3) is 0.333. The van der Waals surface area contributed by atoms with Crippen molar-refractivity contribution in [3.05, 3.63) is 79.3 Å². The van der Waals surface area contributed by atoms with Crippen molar-refractivity contribution in [1.29, 1.82) is 0 Å². The van der Waals surface area contributed by atoms with E-state index in [9.17, 15) is 19.8 Å². The number of hydrazine groups is 1. The molecule has 2 aliphatic rings. The molecule has 0 spiro atoms. The van der Waals surface area contributed by atoms with E-state index in [-0.39, 0.29) is 50.5 Å². The molecule has 43 heavy (non-hydrogen) atoms. The lowest BCUT2D eigenvalue weighted by Gasteiger charge is -2.33. The zero-order valence-electron chi connectivity index (χ0n) is 24.8. The van der Waals surface area contributed by atoms with Crippen LogP contribution in [0.2, 0.25) is 15.1 Å². The van der Waals surface area contributed by atoms with Gasteiger partial charge in [0.1, 0.15) is 18.8 Å². The molecule has 1 amide bonds. The molecule has 1 aromatic carbocycles. The van der Waals surface area contributed by atoms with E-state index in [0.717, 1.165) is 23.5 Å². The molecule has 0 aliphatic heterocycles. The van der Waals surface area contributed by atoms with Gasteiger partial charge < -0.3 is 15.5 Å². The van der Waals surface area contributed by atoms with E-state index in [0.29, 0.717) is 22.8 Å². The Morgan fingerprint density at radius 2 is 1.72 bits per heavy atom. The summed E-state index contributed by atoms with van der Waals surface area (Å²) in [5, 5.41) is 36.2. The lowest BCUT2D eigenvalue weighted by molar-refractivity contribution is -0.519. The molecule has 0 atom stereocenters. The van der Waals surface area contributed by atoms with Crippen LogP contribution in [0.4, 0.5) is 0 Å². The molecule has 0 bridgehead atoms. The summed E-state index contributed by atoms with van der Waals surface area (Å²) in [5.41, 5.74) is 1.56. The summed E-state index contributed by atoms with van der Waals surface area (Å²) >= 11 is 18.7. The van der Waals surface area contributed by atoms with Gasteiger partial charge in [0.2, 0.25) is 17.5 Å². The molecular formula is C30H33Cl3N6O4. The highest BCUT2D eigenvalue weighted by atomic mass is 35.5. The topological polar surface area (TPSA) is 117 Å². The molecule has 0 saturated carbocycles. The first kappa shape index (κ1) is 32.5. The molecule has 0 unspecified atom stereocenters. The van der Waals surface area contributed by atoms with Crippen molar-refractivity contribution in [3.63, 3.8) is 0 Å². The van der Waals surface area contributed by atoms with E-state index >= 15 is 0 Å². The van der Waals surface area contributed by atoms with Gasteiger partial charge in [-0.25, -0.2) is 14.6 Å².